The Bertz CT molecular complexity index is 974. The highest BCUT2D eigenvalue weighted by molar-refractivity contribution is 9.08. The summed E-state index contributed by atoms with van der Waals surface area (Å²) in [6.07, 6.45) is 1.02. The van der Waals surface area contributed by atoms with Gasteiger partial charge in [-0.2, -0.15) is 0 Å². The molecule has 0 aliphatic heterocycles. The zero-order chi connectivity index (χ0) is 19.2. The minimum Gasteiger partial charge on any atom is -0.0875 e. The summed E-state index contributed by atoms with van der Waals surface area (Å²) < 4.78 is 0. The molecule has 0 heterocycles. The molecule has 2 heteroatoms. The second kappa shape index (κ2) is 8.86. The van der Waals surface area contributed by atoms with Crippen LogP contribution in [0.15, 0.2) is 115 Å². The molecular formula is C26H23BrP+. The standard InChI is InChI=1S/C26H23BrP/c27-20-23-14-10-11-19-26(23)28(24-15-6-2-7-16-24,25-17-8-3-9-18-25)21-22-12-4-1-5-13-22/h1-19H,20-21H2/q+1. The summed E-state index contributed by atoms with van der Waals surface area (Å²) in [4.78, 5) is 0. The van der Waals surface area contributed by atoms with E-state index in [0.717, 1.165) is 11.5 Å². The van der Waals surface area contributed by atoms with E-state index in [1.807, 2.05) is 0 Å². The van der Waals surface area contributed by atoms with Crippen LogP contribution in [0.1, 0.15) is 11.1 Å². The van der Waals surface area contributed by atoms with E-state index in [-0.39, 0.29) is 0 Å². The molecule has 4 aromatic carbocycles. The molecule has 28 heavy (non-hydrogen) atoms. The van der Waals surface area contributed by atoms with Crippen molar-refractivity contribution in [3.63, 3.8) is 0 Å². The van der Waals surface area contributed by atoms with E-state index in [1.54, 1.807) is 0 Å². The van der Waals surface area contributed by atoms with Gasteiger partial charge in [-0.15, -0.1) is 0 Å². The molecule has 0 N–H and O–H groups in total. The first kappa shape index (κ1) is 19.1. The number of hydrogen-bond acceptors (Lipinski definition) is 0. The van der Waals surface area contributed by atoms with E-state index < -0.39 is 7.26 Å². The predicted octanol–water partition coefficient (Wildman–Crippen LogP) is 6.08. The van der Waals surface area contributed by atoms with Crippen molar-refractivity contribution in [2.75, 3.05) is 0 Å². The zero-order valence-corrected chi connectivity index (χ0v) is 18.2. The summed E-state index contributed by atoms with van der Waals surface area (Å²) in [7, 11) is -1.86. The third kappa shape index (κ3) is 3.70. The number of halogens is 1. The molecule has 0 aliphatic carbocycles. The average molecular weight is 446 g/mol. The van der Waals surface area contributed by atoms with Gasteiger partial charge in [0.1, 0.15) is 23.2 Å². The lowest BCUT2D eigenvalue weighted by molar-refractivity contribution is 1.38. The van der Waals surface area contributed by atoms with Crippen molar-refractivity contribution in [2.24, 2.45) is 0 Å². The first-order chi connectivity index (χ1) is 13.8. The lowest BCUT2D eigenvalue weighted by Gasteiger charge is -2.29. The Kier molecular flexibility index (Phi) is 6.05. The van der Waals surface area contributed by atoms with Gasteiger partial charge < -0.3 is 0 Å². The molecule has 0 unspecified atom stereocenters. The van der Waals surface area contributed by atoms with Crippen molar-refractivity contribution in [3.05, 3.63) is 126 Å². The van der Waals surface area contributed by atoms with Gasteiger partial charge >= 0.3 is 0 Å². The second-order valence-corrected chi connectivity index (χ2v) is 10.9. The monoisotopic (exact) mass is 445 g/mol. The Morgan fingerprint density at radius 2 is 1.00 bits per heavy atom. The average Bonchev–Trinajstić information content (AvgIpc) is 2.79. The van der Waals surface area contributed by atoms with Crippen LogP contribution in [0.3, 0.4) is 0 Å². The second-order valence-electron chi connectivity index (χ2n) is 6.89. The minimum absolute atomic E-state index is 0.860. The summed E-state index contributed by atoms with van der Waals surface area (Å²) in [5, 5.41) is 5.18. The van der Waals surface area contributed by atoms with E-state index >= 15 is 0 Å². The van der Waals surface area contributed by atoms with Crippen LogP contribution in [-0.2, 0) is 11.5 Å². The van der Waals surface area contributed by atoms with Crippen LogP contribution >= 0.6 is 23.2 Å². The normalized spacial score (nSPS) is 11.3. The molecule has 4 rings (SSSR count). The Hall–Kier alpha value is -2.21. The highest BCUT2D eigenvalue weighted by Gasteiger charge is 2.46. The third-order valence-corrected chi connectivity index (χ3v) is 10.3. The topological polar surface area (TPSA) is 0 Å². The van der Waals surface area contributed by atoms with E-state index in [9.17, 15) is 0 Å². The lowest BCUT2D eigenvalue weighted by atomic mass is 10.2. The van der Waals surface area contributed by atoms with Gasteiger partial charge in [-0.05, 0) is 35.9 Å². The fourth-order valence-electron chi connectivity index (χ4n) is 3.91. The predicted molar refractivity (Wildman–Crippen MR) is 128 cm³/mol. The van der Waals surface area contributed by atoms with Crippen LogP contribution in [0.4, 0.5) is 0 Å². The fraction of sp³-hybridized carbons (Fsp3) is 0.0769. The first-order valence-corrected chi connectivity index (χ1v) is 12.6. The largest absolute Gasteiger partial charge is 0.116 e. The van der Waals surface area contributed by atoms with Crippen LogP contribution in [0.25, 0.3) is 0 Å². The van der Waals surface area contributed by atoms with Crippen LogP contribution in [0.5, 0.6) is 0 Å². The smallest absolute Gasteiger partial charge is 0.0875 e. The quantitative estimate of drug-likeness (QED) is 0.249. The van der Waals surface area contributed by atoms with Gasteiger partial charge in [0.15, 0.2) is 0 Å². The van der Waals surface area contributed by atoms with Crippen LogP contribution in [-0.4, -0.2) is 0 Å². The molecule has 0 spiro atoms. The van der Waals surface area contributed by atoms with Gasteiger partial charge in [-0.25, -0.2) is 0 Å². The maximum atomic E-state index is 3.75. The molecule has 4 aromatic rings. The highest BCUT2D eigenvalue weighted by atomic mass is 79.9. The summed E-state index contributed by atoms with van der Waals surface area (Å²) >= 11 is 3.75. The van der Waals surface area contributed by atoms with Crippen LogP contribution in [0, 0.1) is 0 Å². The molecule has 0 aliphatic rings. The Balaban J connectivity index is 2.05. The Morgan fingerprint density at radius 1 is 0.536 bits per heavy atom. The maximum absolute atomic E-state index is 3.75. The van der Waals surface area contributed by atoms with E-state index in [4.69, 9.17) is 0 Å². The van der Waals surface area contributed by atoms with E-state index in [1.165, 1.54) is 27.0 Å². The summed E-state index contributed by atoms with van der Waals surface area (Å²) in [5.74, 6) is 0. The molecule has 0 saturated carbocycles. The molecule has 0 nitrogen and oxygen atoms in total. The summed E-state index contributed by atoms with van der Waals surface area (Å²) in [6, 6.07) is 42.0. The lowest BCUT2D eigenvalue weighted by Crippen LogP contribution is -2.34. The number of hydrogen-bond donors (Lipinski definition) is 0. The highest BCUT2D eigenvalue weighted by Crippen LogP contribution is 2.58. The van der Waals surface area contributed by atoms with Crippen LogP contribution < -0.4 is 15.9 Å². The van der Waals surface area contributed by atoms with Crippen molar-refractivity contribution in [1.29, 1.82) is 0 Å². The third-order valence-electron chi connectivity index (χ3n) is 5.20. The van der Waals surface area contributed by atoms with Crippen molar-refractivity contribution < 1.29 is 0 Å². The van der Waals surface area contributed by atoms with Crippen molar-refractivity contribution in [2.45, 2.75) is 11.5 Å². The molecule has 0 atom stereocenters. The molecule has 0 saturated heterocycles. The molecule has 0 radical (unpaired) electrons. The van der Waals surface area contributed by atoms with Crippen molar-refractivity contribution in [3.8, 4) is 0 Å². The molecule has 0 bridgehead atoms. The van der Waals surface area contributed by atoms with Gasteiger partial charge in [-0.1, -0.05) is 101 Å². The Labute approximate surface area is 176 Å². The van der Waals surface area contributed by atoms with Gasteiger partial charge in [0.05, 0.1) is 6.16 Å². The number of rotatable bonds is 6. The van der Waals surface area contributed by atoms with E-state index in [2.05, 4.69) is 131 Å². The van der Waals surface area contributed by atoms with Crippen molar-refractivity contribution in [1.82, 2.24) is 0 Å². The van der Waals surface area contributed by atoms with Gasteiger partial charge in [0.2, 0.25) is 0 Å². The SMILES string of the molecule is BrCc1ccccc1[P+](Cc1ccccc1)(c1ccccc1)c1ccccc1. The van der Waals surface area contributed by atoms with Crippen LogP contribution in [0.2, 0.25) is 0 Å². The molecule has 0 fully saturated rings. The Morgan fingerprint density at radius 3 is 1.54 bits per heavy atom. The molecule has 0 amide bonds. The fourth-order valence-corrected chi connectivity index (χ4v) is 9.11. The zero-order valence-electron chi connectivity index (χ0n) is 15.7. The summed E-state index contributed by atoms with van der Waals surface area (Å²) in [5.41, 5.74) is 2.76. The molecular weight excluding hydrogens is 423 g/mol. The minimum atomic E-state index is -1.86. The number of benzene rings is 4. The molecule has 138 valence electrons. The van der Waals surface area contributed by atoms with Gasteiger partial charge in [0, 0.05) is 10.9 Å². The first-order valence-electron chi connectivity index (χ1n) is 9.52. The number of alkyl halides is 1. The maximum Gasteiger partial charge on any atom is 0.116 e. The molecule has 0 aromatic heterocycles. The van der Waals surface area contributed by atoms with E-state index in [0.29, 0.717) is 0 Å². The van der Waals surface area contributed by atoms with Crippen molar-refractivity contribution >= 4 is 39.1 Å². The van der Waals surface area contributed by atoms with Gasteiger partial charge in [-0.3, -0.25) is 0 Å². The summed E-state index contributed by atoms with van der Waals surface area (Å²) in [6.45, 7) is 0. The van der Waals surface area contributed by atoms with Gasteiger partial charge in [0.25, 0.3) is 0 Å².